The van der Waals surface area contributed by atoms with E-state index in [9.17, 15) is 4.79 Å². The Morgan fingerprint density at radius 3 is 2.38 bits per heavy atom. The third kappa shape index (κ3) is 5.01. The number of hydrogen-bond acceptors (Lipinski definition) is 2. The standard InChI is InChI=1S/C21H17Cl2NO2/c22-18-11-10-17(13-19(18)23)26-14-21(25)24-20-9-5-4-8-16(20)12-15-6-2-1-3-7-15/h1-11,13H,12,14H2,(H,24,25). The first-order valence-corrected chi connectivity index (χ1v) is 8.87. The summed E-state index contributed by atoms with van der Waals surface area (Å²) < 4.78 is 5.48. The van der Waals surface area contributed by atoms with Crippen LogP contribution in [-0.2, 0) is 11.2 Å². The van der Waals surface area contributed by atoms with Crippen LogP contribution in [0.15, 0.2) is 72.8 Å². The first-order valence-electron chi connectivity index (χ1n) is 8.11. The maximum Gasteiger partial charge on any atom is 0.262 e. The fraction of sp³-hybridized carbons (Fsp3) is 0.0952. The van der Waals surface area contributed by atoms with Gasteiger partial charge >= 0.3 is 0 Å². The Labute approximate surface area is 162 Å². The highest BCUT2D eigenvalue weighted by atomic mass is 35.5. The molecule has 5 heteroatoms. The molecule has 0 aliphatic carbocycles. The molecule has 0 unspecified atom stereocenters. The van der Waals surface area contributed by atoms with Gasteiger partial charge in [-0.2, -0.15) is 0 Å². The molecule has 0 saturated heterocycles. The highest BCUT2D eigenvalue weighted by Crippen LogP contribution is 2.26. The van der Waals surface area contributed by atoms with Gasteiger partial charge in [0.25, 0.3) is 5.91 Å². The molecular weight excluding hydrogens is 369 g/mol. The van der Waals surface area contributed by atoms with Crippen molar-refractivity contribution >= 4 is 34.8 Å². The summed E-state index contributed by atoms with van der Waals surface area (Å²) in [6, 6.07) is 22.7. The third-order valence-corrected chi connectivity index (χ3v) is 4.53. The monoisotopic (exact) mass is 385 g/mol. The zero-order valence-corrected chi connectivity index (χ0v) is 15.4. The number of rotatable bonds is 6. The predicted octanol–water partition coefficient (Wildman–Crippen LogP) is 5.60. The molecule has 3 aromatic rings. The normalized spacial score (nSPS) is 10.4. The summed E-state index contributed by atoms with van der Waals surface area (Å²) in [5.41, 5.74) is 3.00. The molecular formula is C21H17Cl2NO2. The molecule has 3 nitrogen and oxygen atoms in total. The lowest BCUT2D eigenvalue weighted by atomic mass is 10.0. The van der Waals surface area contributed by atoms with Crippen LogP contribution >= 0.6 is 23.2 Å². The minimum atomic E-state index is -0.239. The molecule has 0 radical (unpaired) electrons. The van der Waals surface area contributed by atoms with Crippen LogP contribution in [0, 0.1) is 0 Å². The maximum absolute atomic E-state index is 12.2. The minimum Gasteiger partial charge on any atom is -0.484 e. The van der Waals surface area contributed by atoms with Crippen LogP contribution in [0.2, 0.25) is 10.0 Å². The highest BCUT2D eigenvalue weighted by molar-refractivity contribution is 6.42. The van der Waals surface area contributed by atoms with Crippen LogP contribution in [-0.4, -0.2) is 12.5 Å². The Morgan fingerprint density at radius 1 is 0.885 bits per heavy atom. The van der Waals surface area contributed by atoms with Crippen LogP contribution < -0.4 is 10.1 Å². The van der Waals surface area contributed by atoms with E-state index in [4.69, 9.17) is 27.9 Å². The lowest BCUT2D eigenvalue weighted by Gasteiger charge is -2.12. The molecule has 0 spiro atoms. The Bertz CT molecular complexity index is 898. The van der Waals surface area contributed by atoms with Crippen LogP contribution in [0.25, 0.3) is 0 Å². The number of benzene rings is 3. The van der Waals surface area contributed by atoms with E-state index in [1.54, 1.807) is 18.2 Å². The van der Waals surface area contributed by atoms with E-state index in [0.717, 1.165) is 17.7 Å². The summed E-state index contributed by atoms with van der Waals surface area (Å²) in [6.45, 7) is -0.113. The summed E-state index contributed by atoms with van der Waals surface area (Å²) in [4.78, 5) is 12.2. The van der Waals surface area contributed by atoms with Gasteiger partial charge in [0.2, 0.25) is 0 Å². The van der Waals surface area contributed by atoms with E-state index in [2.05, 4.69) is 17.4 Å². The first-order chi connectivity index (χ1) is 12.6. The average Bonchev–Trinajstić information content (AvgIpc) is 2.65. The second kappa shape index (κ2) is 8.75. The molecule has 0 atom stereocenters. The van der Waals surface area contributed by atoms with Crippen molar-refractivity contribution in [3.63, 3.8) is 0 Å². The van der Waals surface area contributed by atoms with E-state index in [0.29, 0.717) is 15.8 Å². The number of ether oxygens (including phenoxy) is 1. The summed E-state index contributed by atoms with van der Waals surface area (Å²) in [5.74, 6) is 0.253. The van der Waals surface area contributed by atoms with Gasteiger partial charge < -0.3 is 10.1 Å². The van der Waals surface area contributed by atoms with Crippen molar-refractivity contribution in [2.75, 3.05) is 11.9 Å². The third-order valence-electron chi connectivity index (χ3n) is 3.79. The molecule has 0 aromatic heterocycles. The second-order valence-corrected chi connectivity index (χ2v) is 6.55. The SMILES string of the molecule is O=C(COc1ccc(Cl)c(Cl)c1)Nc1ccccc1Cc1ccccc1. The molecule has 0 fully saturated rings. The van der Waals surface area contributed by atoms with Gasteiger partial charge in [-0.3, -0.25) is 4.79 Å². The van der Waals surface area contributed by atoms with Gasteiger partial charge in [0.1, 0.15) is 5.75 Å². The molecule has 0 bridgehead atoms. The van der Waals surface area contributed by atoms with Gasteiger partial charge in [0.15, 0.2) is 6.61 Å². The molecule has 3 rings (SSSR count). The lowest BCUT2D eigenvalue weighted by Crippen LogP contribution is -2.21. The molecule has 1 N–H and O–H groups in total. The van der Waals surface area contributed by atoms with Crippen molar-refractivity contribution in [1.29, 1.82) is 0 Å². The van der Waals surface area contributed by atoms with Crippen molar-refractivity contribution in [2.45, 2.75) is 6.42 Å². The van der Waals surface area contributed by atoms with Crippen molar-refractivity contribution in [1.82, 2.24) is 0 Å². The average molecular weight is 386 g/mol. The fourth-order valence-electron chi connectivity index (χ4n) is 2.51. The van der Waals surface area contributed by atoms with E-state index in [1.165, 1.54) is 5.56 Å². The van der Waals surface area contributed by atoms with Gasteiger partial charge in [-0.05, 0) is 35.7 Å². The van der Waals surface area contributed by atoms with Crippen molar-refractivity contribution in [3.05, 3.63) is 94.0 Å². The number of para-hydroxylation sites is 1. The zero-order chi connectivity index (χ0) is 18.4. The van der Waals surface area contributed by atoms with Gasteiger partial charge in [0.05, 0.1) is 10.0 Å². The number of carbonyl (C=O) groups is 1. The molecule has 0 aliphatic heterocycles. The van der Waals surface area contributed by atoms with Crippen LogP contribution in [0.5, 0.6) is 5.75 Å². The maximum atomic E-state index is 12.2. The van der Waals surface area contributed by atoms with Crippen LogP contribution in [0.4, 0.5) is 5.69 Å². The lowest BCUT2D eigenvalue weighted by molar-refractivity contribution is -0.118. The molecule has 3 aromatic carbocycles. The number of halogens is 2. The number of nitrogens with one attached hydrogen (secondary N) is 1. The van der Waals surface area contributed by atoms with Crippen LogP contribution in [0.1, 0.15) is 11.1 Å². The number of amides is 1. The van der Waals surface area contributed by atoms with Crippen molar-refractivity contribution < 1.29 is 9.53 Å². The quantitative estimate of drug-likeness (QED) is 0.599. The number of carbonyl (C=O) groups excluding carboxylic acids is 1. The topological polar surface area (TPSA) is 38.3 Å². The molecule has 132 valence electrons. The Morgan fingerprint density at radius 2 is 1.62 bits per heavy atom. The van der Waals surface area contributed by atoms with E-state index in [-0.39, 0.29) is 12.5 Å². The summed E-state index contributed by atoms with van der Waals surface area (Å²) in [6.07, 6.45) is 0.741. The number of hydrogen-bond donors (Lipinski definition) is 1. The summed E-state index contributed by atoms with van der Waals surface area (Å²) >= 11 is 11.8. The molecule has 26 heavy (non-hydrogen) atoms. The van der Waals surface area contributed by atoms with E-state index < -0.39 is 0 Å². The first kappa shape index (κ1) is 18.3. The Kier molecular flexibility index (Phi) is 6.16. The van der Waals surface area contributed by atoms with Crippen molar-refractivity contribution in [2.24, 2.45) is 0 Å². The largest absolute Gasteiger partial charge is 0.484 e. The zero-order valence-electron chi connectivity index (χ0n) is 13.9. The summed E-state index contributed by atoms with van der Waals surface area (Å²) in [5, 5.41) is 3.73. The molecule has 0 aliphatic rings. The molecule has 0 saturated carbocycles. The Hall–Kier alpha value is -2.49. The highest BCUT2D eigenvalue weighted by Gasteiger charge is 2.09. The predicted molar refractivity (Wildman–Crippen MR) is 106 cm³/mol. The summed E-state index contributed by atoms with van der Waals surface area (Å²) in [7, 11) is 0. The van der Waals surface area contributed by atoms with Gasteiger partial charge in [-0.15, -0.1) is 0 Å². The fourth-order valence-corrected chi connectivity index (χ4v) is 2.80. The van der Waals surface area contributed by atoms with E-state index >= 15 is 0 Å². The second-order valence-electron chi connectivity index (χ2n) is 5.73. The van der Waals surface area contributed by atoms with E-state index in [1.807, 2.05) is 42.5 Å². The minimum absolute atomic E-state index is 0.113. The van der Waals surface area contributed by atoms with Gasteiger partial charge in [0, 0.05) is 11.8 Å². The van der Waals surface area contributed by atoms with Crippen molar-refractivity contribution in [3.8, 4) is 5.75 Å². The van der Waals surface area contributed by atoms with Gasteiger partial charge in [-0.1, -0.05) is 71.7 Å². The van der Waals surface area contributed by atoms with Gasteiger partial charge in [-0.25, -0.2) is 0 Å². The molecule has 0 heterocycles. The molecule has 1 amide bonds. The smallest absolute Gasteiger partial charge is 0.262 e. The van der Waals surface area contributed by atoms with Crippen LogP contribution in [0.3, 0.4) is 0 Å². The number of anilines is 1. The Balaban J connectivity index is 1.63.